The minimum atomic E-state index is 0.305. The van der Waals surface area contributed by atoms with Gasteiger partial charge in [0.25, 0.3) is 0 Å². The number of aliphatic hydroxyl groups is 1. The highest BCUT2D eigenvalue weighted by molar-refractivity contribution is 4.84. The first-order valence-electron chi connectivity index (χ1n) is 6.36. The van der Waals surface area contributed by atoms with Crippen molar-refractivity contribution >= 4 is 0 Å². The van der Waals surface area contributed by atoms with Gasteiger partial charge < -0.3 is 5.11 Å². The van der Waals surface area contributed by atoms with Crippen molar-refractivity contribution in [3.63, 3.8) is 0 Å². The molecule has 88 valence electrons. The van der Waals surface area contributed by atoms with Gasteiger partial charge in [-0.25, -0.2) is 0 Å². The van der Waals surface area contributed by atoms with Crippen LogP contribution in [0.5, 0.6) is 0 Å². The lowest BCUT2D eigenvalue weighted by Crippen LogP contribution is -2.44. The van der Waals surface area contributed by atoms with Crippen molar-refractivity contribution < 1.29 is 5.11 Å². The average Bonchev–Trinajstić information content (AvgIpc) is 2.70. The fourth-order valence-corrected chi connectivity index (χ4v) is 3.01. The highest BCUT2D eigenvalue weighted by Gasteiger charge is 2.28. The zero-order valence-corrected chi connectivity index (χ0v) is 9.86. The third-order valence-corrected chi connectivity index (χ3v) is 4.08. The molecule has 0 radical (unpaired) electrons. The van der Waals surface area contributed by atoms with Gasteiger partial charge in [-0.1, -0.05) is 12.8 Å². The molecule has 2 aliphatic rings. The minimum Gasteiger partial charge on any atom is -0.395 e. The number of nitrogens with zero attached hydrogens (tertiary/aromatic N) is 2. The summed E-state index contributed by atoms with van der Waals surface area (Å²) in [6.45, 7) is 3.73. The van der Waals surface area contributed by atoms with Gasteiger partial charge in [0.2, 0.25) is 0 Å². The molecule has 2 fully saturated rings. The van der Waals surface area contributed by atoms with Crippen molar-refractivity contribution in [2.24, 2.45) is 0 Å². The molecule has 3 heteroatoms. The van der Waals surface area contributed by atoms with E-state index in [1.807, 2.05) is 0 Å². The fraction of sp³-hybridized carbons (Fsp3) is 1.00. The zero-order chi connectivity index (χ0) is 10.7. The van der Waals surface area contributed by atoms with E-state index in [1.54, 1.807) is 0 Å². The summed E-state index contributed by atoms with van der Waals surface area (Å²) in [6.07, 6.45) is 6.81. The Balaban J connectivity index is 1.93. The number of likely N-dealkylation sites (N-methyl/N-ethyl adjacent to an activating group) is 1. The van der Waals surface area contributed by atoms with Crippen LogP contribution < -0.4 is 0 Å². The standard InChI is InChI=1S/C12H24N2O/c1-13-7-4-8-14(9-12(13)10-15)11-5-2-3-6-11/h11-12,15H,2-10H2,1H3. The van der Waals surface area contributed by atoms with Crippen molar-refractivity contribution in [1.82, 2.24) is 9.80 Å². The van der Waals surface area contributed by atoms with Gasteiger partial charge in [0.15, 0.2) is 0 Å². The van der Waals surface area contributed by atoms with Crippen LogP contribution >= 0.6 is 0 Å². The summed E-state index contributed by atoms with van der Waals surface area (Å²) in [4.78, 5) is 4.94. The van der Waals surface area contributed by atoms with Crippen molar-refractivity contribution in [3.8, 4) is 0 Å². The van der Waals surface area contributed by atoms with Crippen molar-refractivity contribution in [2.75, 3.05) is 33.3 Å². The van der Waals surface area contributed by atoms with Crippen LogP contribution in [0.4, 0.5) is 0 Å². The van der Waals surface area contributed by atoms with Gasteiger partial charge in [0.05, 0.1) is 6.61 Å². The van der Waals surface area contributed by atoms with Crippen LogP contribution in [-0.4, -0.2) is 60.3 Å². The summed E-state index contributed by atoms with van der Waals surface area (Å²) in [5.41, 5.74) is 0. The van der Waals surface area contributed by atoms with Crippen LogP contribution in [0.3, 0.4) is 0 Å². The van der Waals surface area contributed by atoms with Crippen molar-refractivity contribution in [2.45, 2.75) is 44.2 Å². The first-order chi connectivity index (χ1) is 7.31. The lowest BCUT2D eigenvalue weighted by atomic mass is 10.2. The molecule has 3 nitrogen and oxygen atoms in total. The largest absolute Gasteiger partial charge is 0.395 e. The Labute approximate surface area is 93.1 Å². The topological polar surface area (TPSA) is 26.7 Å². The molecule has 0 aromatic rings. The molecule has 1 aliphatic heterocycles. The summed E-state index contributed by atoms with van der Waals surface area (Å²) in [5, 5.41) is 9.38. The summed E-state index contributed by atoms with van der Waals surface area (Å²) in [7, 11) is 2.14. The molecule has 1 saturated carbocycles. The van der Waals surface area contributed by atoms with Crippen LogP contribution in [-0.2, 0) is 0 Å². The normalized spacial score (nSPS) is 32.0. The number of hydrogen-bond donors (Lipinski definition) is 1. The smallest absolute Gasteiger partial charge is 0.0599 e. The maximum absolute atomic E-state index is 9.38. The average molecular weight is 212 g/mol. The van der Waals surface area contributed by atoms with Crippen LogP contribution in [0.1, 0.15) is 32.1 Å². The molecule has 15 heavy (non-hydrogen) atoms. The Morgan fingerprint density at radius 3 is 2.53 bits per heavy atom. The van der Waals surface area contributed by atoms with Crippen molar-refractivity contribution in [3.05, 3.63) is 0 Å². The second-order valence-corrected chi connectivity index (χ2v) is 5.10. The van der Waals surface area contributed by atoms with Crippen LogP contribution in [0, 0.1) is 0 Å². The van der Waals surface area contributed by atoms with Gasteiger partial charge >= 0.3 is 0 Å². The number of aliphatic hydroxyl groups excluding tert-OH is 1. The Morgan fingerprint density at radius 2 is 1.87 bits per heavy atom. The summed E-state index contributed by atoms with van der Waals surface area (Å²) < 4.78 is 0. The summed E-state index contributed by atoms with van der Waals surface area (Å²) in [6, 6.07) is 1.17. The molecule has 0 bridgehead atoms. The number of hydrogen-bond acceptors (Lipinski definition) is 3. The lowest BCUT2D eigenvalue weighted by Gasteiger charge is -2.31. The Kier molecular flexibility index (Phi) is 4.00. The monoisotopic (exact) mass is 212 g/mol. The Hall–Kier alpha value is -0.120. The van der Waals surface area contributed by atoms with Crippen LogP contribution in [0.15, 0.2) is 0 Å². The maximum atomic E-state index is 9.38. The first kappa shape index (κ1) is 11.4. The van der Waals surface area contributed by atoms with Gasteiger partial charge in [-0.05, 0) is 39.4 Å². The van der Waals surface area contributed by atoms with E-state index in [0.717, 1.165) is 19.1 Å². The molecule has 1 atom stereocenters. The second-order valence-electron chi connectivity index (χ2n) is 5.10. The third kappa shape index (κ3) is 2.71. The SMILES string of the molecule is CN1CCCN(C2CCCC2)CC1CO. The van der Waals surface area contributed by atoms with Crippen LogP contribution in [0.25, 0.3) is 0 Å². The van der Waals surface area contributed by atoms with Crippen molar-refractivity contribution in [1.29, 1.82) is 0 Å². The highest BCUT2D eigenvalue weighted by Crippen LogP contribution is 2.25. The minimum absolute atomic E-state index is 0.305. The van der Waals surface area contributed by atoms with E-state index in [4.69, 9.17) is 0 Å². The molecule has 0 spiro atoms. The van der Waals surface area contributed by atoms with E-state index in [0.29, 0.717) is 12.6 Å². The number of rotatable bonds is 2. The van der Waals surface area contributed by atoms with Crippen LogP contribution in [0.2, 0.25) is 0 Å². The highest BCUT2D eigenvalue weighted by atomic mass is 16.3. The van der Waals surface area contributed by atoms with E-state index in [-0.39, 0.29) is 0 Å². The van der Waals surface area contributed by atoms with Gasteiger partial charge in [0.1, 0.15) is 0 Å². The molecular formula is C12H24N2O. The fourth-order valence-electron chi connectivity index (χ4n) is 3.01. The maximum Gasteiger partial charge on any atom is 0.0599 e. The zero-order valence-electron chi connectivity index (χ0n) is 9.86. The van der Waals surface area contributed by atoms with Gasteiger partial charge in [0, 0.05) is 18.6 Å². The third-order valence-electron chi connectivity index (χ3n) is 4.08. The molecule has 1 heterocycles. The predicted molar refractivity (Wildman–Crippen MR) is 61.9 cm³/mol. The molecule has 0 aromatic heterocycles. The Bertz CT molecular complexity index is 192. The molecular weight excluding hydrogens is 188 g/mol. The van der Waals surface area contributed by atoms with E-state index < -0.39 is 0 Å². The molecule has 1 N–H and O–H groups in total. The van der Waals surface area contributed by atoms with E-state index in [2.05, 4.69) is 16.8 Å². The molecule has 1 unspecified atom stereocenters. The lowest BCUT2D eigenvalue weighted by molar-refractivity contribution is 0.115. The molecule has 0 aromatic carbocycles. The van der Waals surface area contributed by atoms with E-state index >= 15 is 0 Å². The molecule has 0 amide bonds. The Morgan fingerprint density at radius 1 is 1.13 bits per heavy atom. The molecule has 2 rings (SSSR count). The summed E-state index contributed by atoms with van der Waals surface area (Å²) >= 11 is 0. The van der Waals surface area contributed by atoms with E-state index in [1.165, 1.54) is 38.6 Å². The van der Waals surface area contributed by atoms with E-state index in [9.17, 15) is 5.11 Å². The summed E-state index contributed by atoms with van der Waals surface area (Å²) in [5.74, 6) is 0. The first-order valence-corrected chi connectivity index (χ1v) is 6.36. The van der Waals surface area contributed by atoms with Gasteiger partial charge in [-0.15, -0.1) is 0 Å². The van der Waals surface area contributed by atoms with Gasteiger partial charge in [-0.2, -0.15) is 0 Å². The van der Waals surface area contributed by atoms with Gasteiger partial charge in [-0.3, -0.25) is 9.80 Å². The predicted octanol–water partition coefficient (Wildman–Crippen LogP) is 0.927. The quantitative estimate of drug-likeness (QED) is 0.737. The second kappa shape index (κ2) is 5.28. The molecule has 1 aliphatic carbocycles. The molecule has 1 saturated heterocycles.